The van der Waals surface area contributed by atoms with Crippen LogP contribution in [0.25, 0.3) is 0 Å². The number of benzene rings is 1. The van der Waals surface area contributed by atoms with Crippen molar-refractivity contribution in [3.63, 3.8) is 0 Å². The fraction of sp³-hybridized carbons (Fsp3) is 0.611. The average molecular weight is 356 g/mol. The molecule has 0 heterocycles. The number of thiocarbonyl (C=S) groups is 1. The van der Waals surface area contributed by atoms with Gasteiger partial charge in [-0.05, 0) is 39.2 Å². The Morgan fingerprint density at radius 2 is 1.77 bits per heavy atom. The monoisotopic (exact) mass is 355 g/mol. The predicted molar refractivity (Wildman–Crippen MR) is 109 cm³/mol. The molecule has 0 radical (unpaired) electrons. The zero-order valence-electron chi connectivity index (χ0n) is 14.6. The van der Waals surface area contributed by atoms with E-state index in [1.165, 1.54) is 5.56 Å². The van der Waals surface area contributed by atoms with Crippen molar-refractivity contribution in [2.24, 2.45) is 5.92 Å². The second-order valence-electron chi connectivity index (χ2n) is 6.85. The molecule has 1 N–H and O–H groups in total. The van der Waals surface area contributed by atoms with Crippen LogP contribution in [0.4, 0.5) is 0 Å². The highest BCUT2D eigenvalue weighted by atomic mass is 32.2. The van der Waals surface area contributed by atoms with Crippen LogP contribution in [0.15, 0.2) is 30.3 Å². The minimum absolute atomic E-state index is 0.0296. The molecule has 0 saturated carbocycles. The second-order valence-corrected chi connectivity index (χ2v) is 10.5. The van der Waals surface area contributed by atoms with E-state index >= 15 is 0 Å². The van der Waals surface area contributed by atoms with Gasteiger partial charge in [0.05, 0.1) is 0 Å². The molecule has 0 fully saturated rings. The lowest BCUT2D eigenvalue weighted by molar-refractivity contribution is 0.434. The second kappa shape index (κ2) is 8.72. The van der Waals surface area contributed by atoms with Gasteiger partial charge in [0.2, 0.25) is 0 Å². The van der Waals surface area contributed by atoms with Crippen molar-refractivity contribution in [1.29, 1.82) is 0 Å². The van der Waals surface area contributed by atoms with Crippen LogP contribution in [-0.2, 0) is 4.75 Å². The molecule has 0 spiro atoms. The summed E-state index contributed by atoms with van der Waals surface area (Å²) in [4.78, 5) is 0. The number of rotatable bonds is 6. The molecule has 0 aliphatic carbocycles. The molecule has 0 bridgehead atoms. The zero-order chi connectivity index (χ0) is 16.8. The molecular formula is C18H29NS3. The van der Waals surface area contributed by atoms with Gasteiger partial charge in [0.1, 0.15) is 3.53 Å². The quantitative estimate of drug-likeness (QED) is 0.492. The van der Waals surface area contributed by atoms with E-state index in [-0.39, 0.29) is 10.3 Å². The van der Waals surface area contributed by atoms with Gasteiger partial charge in [-0.25, -0.2) is 0 Å². The summed E-state index contributed by atoms with van der Waals surface area (Å²) in [6.07, 6.45) is 1.14. The molecular weight excluding hydrogens is 326 g/mol. The first-order valence-corrected chi connectivity index (χ1v) is 10.1. The predicted octanol–water partition coefficient (Wildman–Crippen LogP) is 6.04. The maximum atomic E-state index is 5.64. The van der Waals surface area contributed by atoms with Crippen LogP contribution in [0.5, 0.6) is 0 Å². The van der Waals surface area contributed by atoms with Crippen LogP contribution in [0.3, 0.4) is 0 Å². The molecule has 22 heavy (non-hydrogen) atoms. The van der Waals surface area contributed by atoms with E-state index in [0.717, 1.165) is 15.8 Å². The summed E-state index contributed by atoms with van der Waals surface area (Å²) in [6, 6.07) is 10.8. The first-order valence-electron chi connectivity index (χ1n) is 7.85. The lowest BCUT2D eigenvalue weighted by Gasteiger charge is -2.35. The highest BCUT2D eigenvalue weighted by Gasteiger charge is 2.34. The fourth-order valence-electron chi connectivity index (χ4n) is 2.12. The van der Waals surface area contributed by atoms with Crippen molar-refractivity contribution in [1.82, 2.24) is 5.32 Å². The first kappa shape index (κ1) is 20.0. The SMILES string of the molecule is CCC(C)C(C)(SC(=S)SCNC(C)(C)C)c1ccccc1. The Bertz CT molecular complexity index is 467. The Balaban J connectivity index is 2.76. The topological polar surface area (TPSA) is 12.0 Å². The normalized spacial score (nSPS) is 16.1. The molecule has 0 aliphatic rings. The fourth-order valence-corrected chi connectivity index (χ4v) is 5.34. The highest BCUT2D eigenvalue weighted by Crippen LogP contribution is 2.46. The van der Waals surface area contributed by atoms with Gasteiger partial charge in [-0.15, -0.1) is 0 Å². The molecule has 0 aromatic heterocycles. The maximum absolute atomic E-state index is 5.64. The third-order valence-electron chi connectivity index (χ3n) is 3.99. The van der Waals surface area contributed by atoms with Crippen molar-refractivity contribution < 1.29 is 0 Å². The molecule has 1 aromatic rings. The Labute approximate surface area is 150 Å². The van der Waals surface area contributed by atoms with Gasteiger partial charge in [-0.1, -0.05) is 86.3 Å². The lowest BCUT2D eigenvalue weighted by Crippen LogP contribution is -2.35. The molecule has 0 aliphatic heterocycles. The van der Waals surface area contributed by atoms with E-state index in [9.17, 15) is 0 Å². The molecule has 0 saturated heterocycles. The highest BCUT2D eigenvalue weighted by molar-refractivity contribution is 8.47. The van der Waals surface area contributed by atoms with Gasteiger partial charge in [0.15, 0.2) is 0 Å². The van der Waals surface area contributed by atoms with Crippen LogP contribution in [0.1, 0.15) is 53.5 Å². The van der Waals surface area contributed by atoms with Crippen LogP contribution in [0.2, 0.25) is 0 Å². The van der Waals surface area contributed by atoms with E-state index in [4.69, 9.17) is 12.2 Å². The Hall–Kier alpha value is -0.0300. The zero-order valence-corrected chi connectivity index (χ0v) is 17.1. The van der Waals surface area contributed by atoms with Crippen LogP contribution >= 0.6 is 35.7 Å². The maximum Gasteiger partial charge on any atom is 0.106 e. The van der Waals surface area contributed by atoms with E-state index in [1.807, 2.05) is 11.8 Å². The third kappa shape index (κ3) is 6.23. The van der Waals surface area contributed by atoms with E-state index in [0.29, 0.717) is 5.92 Å². The van der Waals surface area contributed by atoms with Crippen molar-refractivity contribution in [2.75, 3.05) is 5.88 Å². The Morgan fingerprint density at radius 3 is 2.27 bits per heavy atom. The van der Waals surface area contributed by atoms with Crippen molar-refractivity contribution in [3.05, 3.63) is 35.9 Å². The summed E-state index contributed by atoms with van der Waals surface area (Å²) < 4.78 is 1.05. The Morgan fingerprint density at radius 1 is 1.18 bits per heavy atom. The standard InChI is InChI=1S/C18H29NS3/c1-7-14(2)18(6,15-11-9-8-10-12-15)22-16(20)21-13-19-17(3,4)5/h8-12,14,19H,7,13H2,1-6H3. The molecule has 124 valence electrons. The third-order valence-corrected chi connectivity index (χ3v) is 6.95. The lowest BCUT2D eigenvalue weighted by atomic mass is 9.86. The summed E-state index contributed by atoms with van der Waals surface area (Å²) in [5.41, 5.74) is 1.49. The van der Waals surface area contributed by atoms with Gasteiger partial charge in [0, 0.05) is 16.2 Å². The van der Waals surface area contributed by atoms with Crippen molar-refractivity contribution >= 4 is 39.3 Å². The molecule has 1 nitrogen and oxygen atoms in total. The smallest absolute Gasteiger partial charge is 0.106 e. The largest absolute Gasteiger partial charge is 0.303 e. The number of nitrogens with one attached hydrogen (secondary N) is 1. The van der Waals surface area contributed by atoms with E-state index in [1.54, 1.807) is 11.8 Å². The van der Waals surface area contributed by atoms with Gasteiger partial charge >= 0.3 is 0 Å². The molecule has 1 rings (SSSR count). The van der Waals surface area contributed by atoms with Crippen LogP contribution < -0.4 is 5.32 Å². The summed E-state index contributed by atoms with van der Waals surface area (Å²) in [5.74, 6) is 1.43. The van der Waals surface area contributed by atoms with Gasteiger partial charge in [0.25, 0.3) is 0 Å². The molecule has 2 atom stereocenters. The van der Waals surface area contributed by atoms with Crippen molar-refractivity contribution in [2.45, 2.75) is 58.2 Å². The minimum atomic E-state index is 0.0296. The first-order chi connectivity index (χ1) is 10.2. The molecule has 0 amide bonds. The van der Waals surface area contributed by atoms with Crippen LogP contribution in [0, 0.1) is 5.92 Å². The molecule has 4 heteroatoms. The van der Waals surface area contributed by atoms with Gasteiger partial charge in [-0.2, -0.15) is 0 Å². The molecule has 1 aromatic carbocycles. The number of hydrogen-bond acceptors (Lipinski definition) is 4. The van der Waals surface area contributed by atoms with E-state index < -0.39 is 0 Å². The van der Waals surface area contributed by atoms with Crippen molar-refractivity contribution in [3.8, 4) is 0 Å². The van der Waals surface area contributed by atoms with Gasteiger partial charge < -0.3 is 5.32 Å². The number of thioether (sulfide) groups is 2. The summed E-state index contributed by atoms with van der Waals surface area (Å²) in [5, 5.41) is 3.48. The van der Waals surface area contributed by atoms with Crippen LogP contribution in [-0.4, -0.2) is 14.9 Å². The summed E-state index contributed by atoms with van der Waals surface area (Å²) in [7, 11) is 0. The summed E-state index contributed by atoms with van der Waals surface area (Å²) in [6.45, 7) is 13.4. The molecule has 2 unspecified atom stereocenters. The average Bonchev–Trinajstić information content (AvgIpc) is 2.45. The number of hydrogen-bond donors (Lipinski definition) is 1. The van der Waals surface area contributed by atoms with E-state index in [2.05, 4.69) is 77.2 Å². The minimum Gasteiger partial charge on any atom is -0.303 e. The Kier molecular flexibility index (Phi) is 7.93. The van der Waals surface area contributed by atoms with Gasteiger partial charge in [-0.3, -0.25) is 0 Å². The summed E-state index contributed by atoms with van der Waals surface area (Å²) >= 11 is 9.22.